The number of nitrogens with zero attached hydrogens (tertiary/aromatic N) is 2. The number of aryl methyl sites for hydroxylation is 1. The first-order valence-electron chi connectivity index (χ1n) is 6.15. The Balaban J connectivity index is 1.81. The van der Waals surface area contributed by atoms with Crippen LogP contribution in [-0.4, -0.2) is 16.1 Å². The summed E-state index contributed by atoms with van der Waals surface area (Å²) in [5.74, 6) is 1.89. The second-order valence-electron chi connectivity index (χ2n) is 4.42. The molecule has 0 atom stereocenters. The quantitative estimate of drug-likeness (QED) is 0.822. The second-order valence-corrected chi connectivity index (χ2v) is 4.42. The maximum absolute atomic E-state index is 4.32. The van der Waals surface area contributed by atoms with Gasteiger partial charge in [-0.25, -0.2) is 4.98 Å². The minimum absolute atomic E-state index is 0.862. The van der Waals surface area contributed by atoms with E-state index in [1.807, 2.05) is 12.4 Å². The Morgan fingerprint density at radius 2 is 2.20 bits per heavy atom. The lowest BCUT2D eigenvalue weighted by atomic mass is 9.89. The first kappa shape index (κ1) is 10.5. The van der Waals surface area contributed by atoms with Crippen molar-refractivity contribution in [3.05, 3.63) is 12.4 Å². The van der Waals surface area contributed by atoms with Gasteiger partial charge in [-0.2, -0.15) is 0 Å². The van der Waals surface area contributed by atoms with Crippen molar-refractivity contribution < 1.29 is 0 Å². The topological polar surface area (TPSA) is 29.9 Å². The molecule has 0 saturated heterocycles. The third-order valence-electron chi connectivity index (χ3n) is 3.33. The van der Waals surface area contributed by atoms with Crippen LogP contribution in [0.3, 0.4) is 0 Å². The number of anilines is 1. The summed E-state index contributed by atoms with van der Waals surface area (Å²) < 4.78 is 2.16. The predicted octanol–water partition coefficient (Wildman–Crippen LogP) is 2.90. The van der Waals surface area contributed by atoms with Crippen LogP contribution in [0.4, 0.5) is 5.95 Å². The normalized spacial score (nSPS) is 17.9. The van der Waals surface area contributed by atoms with Gasteiger partial charge in [0.25, 0.3) is 0 Å². The Morgan fingerprint density at radius 3 is 2.93 bits per heavy atom. The van der Waals surface area contributed by atoms with Crippen molar-refractivity contribution in [2.75, 3.05) is 11.9 Å². The summed E-state index contributed by atoms with van der Waals surface area (Å²) in [5.41, 5.74) is 0. The van der Waals surface area contributed by atoms with Gasteiger partial charge in [0.1, 0.15) is 0 Å². The molecule has 3 nitrogen and oxygen atoms in total. The highest BCUT2D eigenvalue weighted by Gasteiger charge is 2.13. The molecular weight excluding hydrogens is 186 g/mol. The summed E-state index contributed by atoms with van der Waals surface area (Å²) in [5, 5.41) is 3.47. The number of hydrogen-bond acceptors (Lipinski definition) is 2. The molecule has 0 aliphatic heterocycles. The Labute approximate surface area is 91.9 Å². The smallest absolute Gasteiger partial charge is 0.202 e. The van der Waals surface area contributed by atoms with E-state index in [-0.39, 0.29) is 0 Å². The Hall–Kier alpha value is -0.990. The Morgan fingerprint density at radius 1 is 1.40 bits per heavy atom. The molecule has 0 aromatic carbocycles. The summed E-state index contributed by atoms with van der Waals surface area (Å²) in [6.45, 7) is 4.23. The van der Waals surface area contributed by atoms with E-state index in [0.717, 1.165) is 25.0 Å². The van der Waals surface area contributed by atoms with Crippen LogP contribution in [0.5, 0.6) is 0 Å². The van der Waals surface area contributed by atoms with E-state index in [0.29, 0.717) is 0 Å². The maximum Gasteiger partial charge on any atom is 0.202 e. The number of imidazole rings is 1. The van der Waals surface area contributed by atoms with E-state index in [1.165, 1.54) is 32.1 Å². The fraction of sp³-hybridized carbons (Fsp3) is 0.750. The number of aromatic nitrogens is 2. The summed E-state index contributed by atoms with van der Waals surface area (Å²) in [6, 6.07) is 0. The third-order valence-corrected chi connectivity index (χ3v) is 3.33. The van der Waals surface area contributed by atoms with E-state index in [4.69, 9.17) is 0 Å². The van der Waals surface area contributed by atoms with Gasteiger partial charge in [-0.1, -0.05) is 19.3 Å². The van der Waals surface area contributed by atoms with E-state index in [2.05, 4.69) is 21.8 Å². The lowest BCUT2D eigenvalue weighted by Crippen LogP contribution is -2.18. The molecule has 1 aromatic rings. The van der Waals surface area contributed by atoms with Crippen molar-refractivity contribution in [2.45, 2.75) is 45.6 Å². The molecule has 1 N–H and O–H groups in total. The highest BCUT2D eigenvalue weighted by Crippen LogP contribution is 2.23. The van der Waals surface area contributed by atoms with Gasteiger partial charge in [-0.05, 0) is 25.7 Å². The van der Waals surface area contributed by atoms with Crippen molar-refractivity contribution in [3.8, 4) is 0 Å². The zero-order chi connectivity index (χ0) is 10.5. The lowest BCUT2D eigenvalue weighted by molar-refractivity contribution is 0.372. The van der Waals surface area contributed by atoms with Crippen LogP contribution in [-0.2, 0) is 6.54 Å². The van der Waals surface area contributed by atoms with Crippen LogP contribution in [0.15, 0.2) is 12.4 Å². The standard InChI is InChI=1S/C12H21N3/c1-2-15-9-8-13-12(15)14-10-11-6-4-3-5-7-11/h8-9,11H,2-7,10H2,1H3,(H,13,14). The molecule has 1 fully saturated rings. The molecule has 1 aliphatic rings. The molecule has 0 unspecified atom stereocenters. The fourth-order valence-corrected chi connectivity index (χ4v) is 2.36. The molecule has 15 heavy (non-hydrogen) atoms. The van der Waals surface area contributed by atoms with Gasteiger partial charge in [0.2, 0.25) is 5.95 Å². The minimum Gasteiger partial charge on any atom is -0.355 e. The Bertz CT molecular complexity index is 287. The summed E-state index contributed by atoms with van der Waals surface area (Å²) >= 11 is 0. The van der Waals surface area contributed by atoms with Crippen molar-refractivity contribution >= 4 is 5.95 Å². The number of rotatable bonds is 4. The first-order valence-corrected chi connectivity index (χ1v) is 6.15. The van der Waals surface area contributed by atoms with Crippen LogP contribution in [0.1, 0.15) is 39.0 Å². The van der Waals surface area contributed by atoms with Gasteiger partial charge >= 0.3 is 0 Å². The summed E-state index contributed by atoms with van der Waals surface area (Å²) in [4.78, 5) is 4.32. The lowest BCUT2D eigenvalue weighted by Gasteiger charge is -2.22. The molecule has 1 saturated carbocycles. The molecule has 84 valence electrons. The van der Waals surface area contributed by atoms with E-state index >= 15 is 0 Å². The molecule has 2 rings (SSSR count). The van der Waals surface area contributed by atoms with Gasteiger partial charge in [0, 0.05) is 25.5 Å². The summed E-state index contributed by atoms with van der Waals surface area (Å²) in [6.07, 6.45) is 10.9. The molecule has 0 radical (unpaired) electrons. The second kappa shape index (κ2) is 5.19. The van der Waals surface area contributed by atoms with Crippen LogP contribution in [0.2, 0.25) is 0 Å². The van der Waals surface area contributed by atoms with E-state index in [1.54, 1.807) is 0 Å². The number of hydrogen-bond donors (Lipinski definition) is 1. The van der Waals surface area contributed by atoms with Crippen molar-refractivity contribution in [1.29, 1.82) is 0 Å². The van der Waals surface area contributed by atoms with Crippen molar-refractivity contribution in [3.63, 3.8) is 0 Å². The number of nitrogens with one attached hydrogen (secondary N) is 1. The van der Waals surface area contributed by atoms with Gasteiger partial charge in [0.15, 0.2) is 0 Å². The first-order chi connectivity index (χ1) is 7.40. The predicted molar refractivity (Wildman–Crippen MR) is 63.0 cm³/mol. The van der Waals surface area contributed by atoms with Crippen LogP contribution in [0, 0.1) is 5.92 Å². The minimum atomic E-state index is 0.862. The highest BCUT2D eigenvalue weighted by atomic mass is 15.2. The molecular formula is C12H21N3. The average molecular weight is 207 g/mol. The highest BCUT2D eigenvalue weighted by molar-refractivity contribution is 5.25. The monoisotopic (exact) mass is 207 g/mol. The maximum atomic E-state index is 4.32. The largest absolute Gasteiger partial charge is 0.355 e. The summed E-state index contributed by atoms with van der Waals surface area (Å²) in [7, 11) is 0. The van der Waals surface area contributed by atoms with Gasteiger partial charge < -0.3 is 9.88 Å². The van der Waals surface area contributed by atoms with Crippen LogP contribution in [0.25, 0.3) is 0 Å². The van der Waals surface area contributed by atoms with Crippen molar-refractivity contribution in [2.24, 2.45) is 5.92 Å². The zero-order valence-electron chi connectivity index (χ0n) is 9.58. The molecule has 0 bridgehead atoms. The van der Waals surface area contributed by atoms with Crippen molar-refractivity contribution in [1.82, 2.24) is 9.55 Å². The molecule has 1 aliphatic carbocycles. The Kier molecular flexibility index (Phi) is 3.64. The van der Waals surface area contributed by atoms with Crippen LogP contribution < -0.4 is 5.32 Å². The van der Waals surface area contributed by atoms with Crippen LogP contribution >= 0.6 is 0 Å². The molecule has 1 aromatic heterocycles. The average Bonchev–Trinajstić information content (AvgIpc) is 2.75. The van der Waals surface area contributed by atoms with Gasteiger partial charge in [-0.3, -0.25) is 0 Å². The van der Waals surface area contributed by atoms with Gasteiger partial charge in [0.05, 0.1) is 0 Å². The zero-order valence-corrected chi connectivity index (χ0v) is 9.58. The third kappa shape index (κ3) is 2.74. The van der Waals surface area contributed by atoms with Gasteiger partial charge in [-0.15, -0.1) is 0 Å². The SMILES string of the molecule is CCn1ccnc1NCC1CCCCC1. The molecule has 0 amide bonds. The van der Waals surface area contributed by atoms with E-state index < -0.39 is 0 Å². The molecule has 0 spiro atoms. The van der Waals surface area contributed by atoms with E-state index in [9.17, 15) is 0 Å². The fourth-order valence-electron chi connectivity index (χ4n) is 2.36. The molecule has 1 heterocycles. The molecule has 3 heteroatoms.